The van der Waals surface area contributed by atoms with Crippen molar-refractivity contribution in [3.63, 3.8) is 0 Å². The second-order valence-corrected chi connectivity index (χ2v) is 5.85. The topological polar surface area (TPSA) is 19.6 Å². The molecule has 112 valence electrons. The maximum Gasteiger partial charge on any atom is 0.135 e. The average Bonchev–Trinajstić information content (AvgIpc) is 3.08. The number of hydrogen-bond acceptors (Lipinski definition) is 3. The van der Waals surface area contributed by atoms with Gasteiger partial charge in [-0.2, -0.15) is 0 Å². The summed E-state index contributed by atoms with van der Waals surface area (Å²) < 4.78 is 5.97. The molecular formula is C19H20N2O. The van der Waals surface area contributed by atoms with Crippen molar-refractivity contribution in [3.8, 4) is 0 Å². The molecule has 3 nitrogen and oxygen atoms in total. The van der Waals surface area contributed by atoms with Crippen LogP contribution in [0.1, 0.15) is 19.4 Å². The van der Waals surface area contributed by atoms with Crippen LogP contribution in [-0.4, -0.2) is 17.6 Å². The van der Waals surface area contributed by atoms with E-state index in [0.29, 0.717) is 6.17 Å². The van der Waals surface area contributed by atoms with Crippen molar-refractivity contribution in [2.45, 2.75) is 26.9 Å². The van der Waals surface area contributed by atoms with Crippen LogP contribution in [0.2, 0.25) is 0 Å². The summed E-state index contributed by atoms with van der Waals surface area (Å²) >= 11 is 0. The maximum atomic E-state index is 5.97. The quantitative estimate of drug-likeness (QED) is 0.673. The number of anilines is 1. The highest BCUT2D eigenvalue weighted by Crippen LogP contribution is 2.37. The second-order valence-electron chi connectivity index (χ2n) is 5.85. The van der Waals surface area contributed by atoms with Gasteiger partial charge in [-0.05, 0) is 44.5 Å². The molecule has 0 bridgehead atoms. The summed E-state index contributed by atoms with van der Waals surface area (Å²) in [6.07, 6.45) is 4.69. The van der Waals surface area contributed by atoms with Crippen LogP contribution < -0.4 is 4.90 Å². The molecule has 4 rings (SSSR count). The van der Waals surface area contributed by atoms with Crippen LogP contribution in [0.4, 0.5) is 5.69 Å². The molecule has 22 heavy (non-hydrogen) atoms. The van der Waals surface area contributed by atoms with Crippen molar-refractivity contribution in [2.24, 2.45) is 0 Å². The van der Waals surface area contributed by atoms with E-state index < -0.39 is 0 Å². The van der Waals surface area contributed by atoms with Crippen molar-refractivity contribution in [2.75, 3.05) is 11.4 Å². The highest BCUT2D eigenvalue weighted by Gasteiger charge is 2.24. The van der Waals surface area contributed by atoms with Gasteiger partial charge in [0.2, 0.25) is 0 Å². The Morgan fingerprint density at radius 1 is 1.05 bits per heavy atom. The first-order valence-corrected chi connectivity index (χ1v) is 7.84. The lowest BCUT2D eigenvalue weighted by molar-refractivity contribution is 0.335. The summed E-state index contributed by atoms with van der Waals surface area (Å²) in [7, 11) is 0. The predicted octanol–water partition coefficient (Wildman–Crippen LogP) is 4.85. The van der Waals surface area contributed by atoms with E-state index in [0.717, 1.165) is 17.7 Å². The number of fused-ring (bicyclic) bond motifs is 3. The van der Waals surface area contributed by atoms with Crippen LogP contribution in [0.25, 0.3) is 21.9 Å². The van der Waals surface area contributed by atoms with Crippen molar-refractivity contribution >= 4 is 27.6 Å². The lowest BCUT2D eigenvalue weighted by atomic mass is 10.0. The number of benzene rings is 2. The standard InChI is InChI=1S/C19H20N2O/c1-4-20-11-12-21(14(20)3)16-9-10-18-19(13(16)2)15-7-5-6-8-17(15)22-18/h5-12,14H,4H2,1-3H3/t14-/m0/s1. The number of furan rings is 1. The normalized spacial score (nSPS) is 18.0. The first-order chi connectivity index (χ1) is 10.7. The molecule has 1 aliphatic heterocycles. The van der Waals surface area contributed by atoms with Gasteiger partial charge >= 0.3 is 0 Å². The Bertz CT molecular complexity index is 878. The van der Waals surface area contributed by atoms with Gasteiger partial charge in [-0.3, -0.25) is 0 Å². The SMILES string of the molecule is CCN1C=CN(c2ccc3oc4ccccc4c3c2C)[C@H]1C. The van der Waals surface area contributed by atoms with E-state index in [1.165, 1.54) is 22.0 Å². The molecule has 1 atom stereocenters. The van der Waals surface area contributed by atoms with Crippen LogP contribution in [-0.2, 0) is 0 Å². The second kappa shape index (κ2) is 4.80. The fraction of sp³-hybridized carbons (Fsp3) is 0.263. The summed E-state index contributed by atoms with van der Waals surface area (Å²) in [5.41, 5.74) is 4.44. The van der Waals surface area contributed by atoms with Gasteiger partial charge in [0.1, 0.15) is 17.3 Å². The Morgan fingerprint density at radius 3 is 2.64 bits per heavy atom. The fourth-order valence-electron chi connectivity index (χ4n) is 3.47. The molecule has 3 aromatic rings. The van der Waals surface area contributed by atoms with Gasteiger partial charge < -0.3 is 14.2 Å². The predicted molar refractivity (Wildman–Crippen MR) is 91.9 cm³/mol. The van der Waals surface area contributed by atoms with E-state index in [9.17, 15) is 0 Å². The Morgan fingerprint density at radius 2 is 1.86 bits per heavy atom. The summed E-state index contributed by atoms with van der Waals surface area (Å²) in [5, 5.41) is 2.42. The first-order valence-electron chi connectivity index (χ1n) is 7.84. The zero-order valence-corrected chi connectivity index (χ0v) is 13.2. The minimum absolute atomic E-state index is 0.347. The van der Waals surface area contributed by atoms with E-state index in [1.807, 2.05) is 12.1 Å². The van der Waals surface area contributed by atoms with Gasteiger partial charge in [0, 0.05) is 35.4 Å². The first kappa shape index (κ1) is 13.3. The molecule has 0 amide bonds. The van der Waals surface area contributed by atoms with E-state index in [1.54, 1.807) is 0 Å². The van der Waals surface area contributed by atoms with Crippen LogP contribution in [0.5, 0.6) is 0 Å². The molecule has 0 fully saturated rings. The third-order valence-corrected chi connectivity index (χ3v) is 4.72. The largest absolute Gasteiger partial charge is 0.456 e. The highest BCUT2D eigenvalue weighted by atomic mass is 16.3. The summed E-state index contributed by atoms with van der Waals surface area (Å²) in [6.45, 7) is 7.63. The van der Waals surface area contributed by atoms with Crippen molar-refractivity contribution < 1.29 is 4.42 Å². The number of para-hydroxylation sites is 1. The maximum absolute atomic E-state index is 5.97. The van der Waals surface area contributed by atoms with Gasteiger partial charge in [-0.1, -0.05) is 18.2 Å². The number of rotatable bonds is 2. The summed E-state index contributed by atoms with van der Waals surface area (Å²) in [6, 6.07) is 12.5. The van der Waals surface area contributed by atoms with Crippen molar-refractivity contribution in [1.82, 2.24) is 4.90 Å². The zero-order chi connectivity index (χ0) is 15.3. The van der Waals surface area contributed by atoms with E-state index in [4.69, 9.17) is 4.42 Å². The number of nitrogens with zero attached hydrogens (tertiary/aromatic N) is 2. The van der Waals surface area contributed by atoms with Crippen LogP contribution >= 0.6 is 0 Å². The minimum Gasteiger partial charge on any atom is -0.456 e. The van der Waals surface area contributed by atoms with Crippen molar-refractivity contribution in [1.29, 1.82) is 0 Å². The van der Waals surface area contributed by atoms with Gasteiger partial charge in [0.05, 0.1) is 0 Å². The zero-order valence-electron chi connectivity index (χ0n) is 13.2. The molecule has 0 unspecified atom stereocenters. The highest BCUT2D eigenvalue weighted by molar-refractivity contribution is 6.08. The molecule has 0 radical (unpaired) electrons. The molecule has 2 aromatic carbocycles. The smallest absolute Gasteiger partial charge is 0.135 e. The summed E-state index contributed by atoms with van der Waals surface area (Å²) in [5.74, 6) is 0. The number of aryl methyl sites for hydroxylation is 1. The molecule has 0 saturated carbocycles. The molecule has 2 heterocycles. The third-order valence-electron chi connectivity index (χ3n) is 4.72. The van der Waals surface area contributed by atoms with Crippen LogP contribution in [0.3, 0.4) is 0 Å². The van der Waals surface area contributed by atoms with Crippen LogP contribution in [0, 0.1) is 6.92 Å². The average molecular weight is 292 g/mol. The molecule has 0 aliphatic carbocycles. The minimum atomic E-state index is 0.347. The number of hydrogen-bond donors (Lipinski definition) is 0. The fourth-order valence-corrected chi connectivity index (χ4v) is 3.47. The summed E-state index contributed by atoms with van der Waals surface area (Å²) in [4.78, 5) is 4.66. The molecular weight excluding hydrogens is 272 g/mol. The molecule has 1 aliphatic rings. The Labute approximate surface area is 130 Å². The van der Waals surface area contributed by atoms with Crippen LogP contribution in [0.15, 0.2) is 53.2 Å². The van der Waals surface area contributed by atoms with Gasteiger partial charge in [0.15, 0.2) is 0 Å². The Kier molecular flexibility index (Phi) is 2.89. The monoisotopic (exact) mass is 292 g/mol. The lowest BCUT2D eigenvalue weighted by Crippen LogP contribution is -2.35. The molecule has 0 N–H and O–H groups in total. The molecule has 0 spiro atoms. The van der Waals surface area contributed by atoms with Gasteiger partial charge in [-0.25, -0.2) is 0 Å². The molecule has 3 heteroatoms. The molecule has 0 saturated heterocycles. The van der Waals surface area contributed by atoms with E-state index in [-0.39, 0.29) is 0 Å². The van der Waals surface area contributed by atoms with E-state index >= 15 is 0 Å². The Balaban J connectivity index is 1.91. The van der Waals surface area contributed by atoms with E-state index in [2.05, 4.69) is 67.2 Å². The lowest BCUT2D eigenvalue weighted by Gasteiger charge is -2.30. The third kappa shape index (κ3) is 1.75. The van der Waals surface area contributed by atoms with Gasteiger partial charge in [-0.15, -0.1) is 0 Å². The van der Waals surface area contributed by atoms with Gasteiger partial charge in [0.25, 0.3) is 0 Å². The Hall–Kier alpha value is -2.42. The molecule has 1 aromatic heterocycles. The van der Waals surface area contributed by atoms with Crippen molar-refractivity contribution in [3.05, 3.63) is 54.4 Å².